The molecule has 0 saturated carbocycles. The number of imidazole rings is 1. The van der Waals surface area contributed by atoms with Crippen molar-refractivity contribution in [1.29, 1.82) is 0 Å². The summed E-state index contributed by atoms with van der Waals surface area (Å²) in [6, 6.07) is 40.1. The fourth-order valence-electron chi connectivity index (χ4n) is 6.78. The molecule has 5 aromatic heterocycles. The number of rotatable bonds is 3. The van der Waals surface area contributed by atoms with Crippen molar-refractivity contribution < 1.29 is 4.74 Å². The van der Waals surface area contributed by atoms with Gasteiger partial charge in [0.25, 0.3) is 0 Å². The van der Waals surface area contributed by atoms with E-state index in [4.69, 9.17) is 9.72 Å². The molecular formula is C38H22N4OS. The monoisotopic (exact) mass is 582 g/mol. The van der Waals surface area contributed by atoms with E-state index in [9.17, 15) is 0 Å². The summed E-state index contributed by atoms with van der Waals surface area (Å²) in [5.74, 6) is 1.53. The van der Waals surface area contributed by atoms with E-state index in [1.54, 1.807) is 0 Å². The lowest BCUT2D eigenvalue weighted by Gasteiger charge is -2.12. The zero-order chi connectivity index (χ0) is 28.8. The van der Waals surface area contributed by atoms with Crippen LogP contribution in [0.3, 0.4) is 0 Å². The van der Waals surface area contributed by atoms with Crippen LogP contribution >= 0.6 is 11.3 Å². The minimum Gasteiger partial charge on any atom is -0.457 e. The first-order valence-electron chi connectivity index (χ1n) is 14.6. The number of hydrogen-bond donors (Lipinski definition) is 0. The fourth-order valence-corrected chi connectivity index (χ4v) is 8.01. The molecular weight excluding hydrogens is 561 g/mol. The Morgan fingerprint density at radius 2 is 1.36 bits per heavy atom. The van der Waals surface area contributed by atoms with Crippen molar-refractivity contribution in [3.63, 3.8) is 0 Å². The number of ether oxygens (including phenoxy) is 1. The molecule has 0 aliphatic carbocycles. The van der Waals surface area contributed by atoms with Gasteiger partial charge in [-0.05, 0) is 53.9 Å². The maximum Gasteiger partial charge on any atom is 0.147 e. The van der Waals surface area contributed by atoms with Gasteiger partial charge >= 0.3 is 0 Å². The second kappa shape index (κ2) is 8.89. The first kappa shape index (κ1) is 23.8. The number of para-hydroxylation sites is 2. The lowest BCUT2D eigenvalue weighted by atomic mass is 10.1. The van der Waals surface area contributed by atoms with Gasteiger partial charge in [-0.3, -0.25) is 8.97 Å². The number of thiophene rings is 1. The summed E-state index contributed by atoms with van der Waals surface area (Å²) in [6.07, 6.45) is 5.90. The van der Waals surface area contributed by atoms with Gasteiger partial charge < -0.3 is 4.74 Å². The first-order valence-corrected chi connectivity index (χ1v) is 15.4. The summed E-state index contributed by atoms with van der Waals surface area (Å²) in [7, 11) is 0. The van der Waals surface area contributed by atoms with Crippen molar-refractivity contribution in [2.24, 2.45) is 0 Å². The molecule has 0 unspecified atom stereocenters. The number of pyridine rings is 2. The lowest BCUT2D eigenvalue weighted by molar-refractivity contribution is 0.483. The molecule has 0 saturated heterocycles. The summed E-state index contributed by atoms with van der Waals surface area (Å²) in [6.45, 7) is 0. The highest BCUT2D eigenvalue weighted by Crippen LogP contribution is 2.42. The van der Waals surface area contributed by atoms with E-state index in [0.29, 0.717) is 0 Å². The lowest BCUT2D eigenvalue weighted by Crippen LogP contribution is -1.96. The van der Waals surface area contributed by atoms with Crippen LogP contribution < -0.4 is 4.74 Å². The summed E-state index contributed by atoms with van der Waals surface area (Å²) in [5.41, 5.74) is 5.13. The van der Waals surface area contributed by atoms with Crippen LogP contribution in [0.5, 0.6) is 11.5 Å². The topological polar surface area (TPSA) is 44.4 Å². The normalized spacial score (nSPS) is 12.1. The predicted molar refractivity (Wildman–Crippen MR) is 182 cm³/mol. The van der Waals surface area contributed by atoms with Gasteiger partial charge in [0.15, 0.2) is 0 Å². The molecule has 0 radical (unpaired) electrons. The van der Waals surface area contributed by atoms with Crippen LogP contribution in [-0.2, 0) is 0 Å². The van der Waals surface area contributed by atoms with E-state index in [2.05, 4.69) is 111 Å². The highest BCUT2D eigenvalue weighted by Gasteiger charge is 2.19. The number of fused-ring (bicyclic) bond motifs is 13. The largest absolute Gasteiger partial charge is 0.457 e. The molecule has 0 aliphatic heterocycles. The molecule has 5 aromatic carbocycles. The van der Waals surface area contributed by atoms with Gasteiger partial charge in [0.2, 0.25) is 0 Å². The Morgan fingerprint density at radius 3 is 2.30 bits per heavy atom. The Kier molecular flexibility index (Phi) is 4.81. The van der Waals surface area contributed by atoms with Gasteiger partial charge in [-0.15, -0.1) is 11.3 Å². The summed E-state index contributed by atoms with van der Waals surface area (Å²) in [5, 5.41) is 8.25. The van der Waals surface area contributed by atoms with Gasteiger partial charge in [0.05, 0.1) is 16.7 Å². The number of benzene rings is 5. The van der Waals surface area contributed by atoms with Gasteiger partial charge in [-0.2, -0.15) is 0 Å². The van der Waals surface area contributed by atoms with Gasteiger partial charge in [-0.1, -0.05) is 60.7 Å². The summed E-state index contributed by atoms with van der Waals surface area (Å²) >= 11 is 1.84. The molecule has 10 rings (SSSR count). The molecule has 44 heavy (non-hydrogen) atoms. The third kappa shape index (κ3) is 3.28. The Bertz CT molecular complexity index is 2770. The average molecular weight is 583 g/mol. The van der Waals surface area contributed by atoms with Crippen LogP contribution in [0.4, 0.5) is 0 Å². The molecule has 10 aromatic rings. The Morgan fingerprint density at radius 1 is 0.568 bits per heavy atom. The van der Waals surface area contributed by atoms with Crippen molar-refractivity contribution in [2.75, 3.05) is 0 Å². The standard InChI is InChI=1S/C38H22N4OS/c1-4-13-32-27(10-1)26-17-16-25(21-30(26)37-39-18-19-41(32)37)43-24-9-7-8-23(20-24)42-33-14-5-2-12-29(33)35-36-31(22-40-38(35)42)28-11-3-6-15-34(28)44-36/h1-22H. The Labute approximate surface area is 254 Å². The molecule has 0 spiro atoms. The van der Waals surface area contributed by atoms with E-state index >= 15 is 0 Å². The maximum atomic E-state index is 6.53. The maximum absolute atomic E-state index is 6.53. The third-order valence-corrected chi connectivity index (χ3v) is 9.87. The zero-order valence-electron chi connectivity index (χ0n) is 23.3. The highest BCUT2D eigenvalue weighted by molar-refractivity contribution is 7.26. The van der Waals surface area contributed by atoms with Gasteiger partial charge in [0, 0.05) is 66.4 Å². The fraction of sp³-hybridized carbons (Fsp3) is 0. The third-order valence-electron chi connectivity index (χ3n) is 8.66. The zero-order valence-corrected chi connectivity index (χ0v) is 24.1. The number of aromatic nitrogens is 4. The molecule has 206 valence electrons. The van der Waals surface area contributed by atoms with E-state index < -0.39 is 0 Å². The minimum atomic E-state index is 0.760. The SMILES string of the molecule is c1cc(Oc2ccc3c4ccccc4n4ccnc4c3c2)cc(-n2c3ccccc3c3c4sc5ccccc5c4cnc32)c1. The highest BCUT2D eigenvalue weighted by atomic mass is 32.1. The molecule has 0 aliphatic rings. The minimum absolute atomic E-state index is 0.760. The molecule has 5 nitrogen and oxygen atoms in total. The van der Waals surface area contributed by atoms with E-state index in [1.165, 1.54) is 36.3 Å². The first-order chi connectivity index (χ1) is 21.8. The van der Waals surface area contributed by atoms with Crippen LogP contribution in [0.2, 0.25) is 0 Å². The van der Waals surface area contributed by atoms with Crippen molar-refractivity contribution in [3.8, 4) is 17.2 Å². The Hall–Kier alpha value is -5.72. The second-order valence-electron chi connectivity index (χ2n) is 11.1. The van der Waals surface area contributed by atoms with Gasteiger partial charge in [0.1, 0.15) is 22.8 Å². The smallest absolute Gasteiger partial charge is 0.147 e. The second-order valence-corrected chi connectivity index (χ2v) is 12.1. The molecule has 5 heterocycles. The molecule has 0 N–H and O–H groups in total. The van der Waals surface area contributed by atoms with Crippen LogP contribution in [0.25, 0.3) is 75.1 Å². The van der Waals surface area contributed by atoms with Gasteiger partial charge in [-0.25, -0.2) is 9.97 Å². The molecule has 6 heteroatoms. The molecule has 0 amide bonds. The van der Waals surface area contributed by atoms with Crippen LogP contribution in [0.1, 0.15) is 0 Å². The predicted octanol–water partition coefficient (Wildman–Crippen LogP) is 10.3. The van der Waals surface area contributed by atoms with Crippen molar-refractivity contribution >= 4 is 80.8 Å². The molecule has 0 atom stereocenters. The van der Waals surface area contributed by atoms with E-state index in [1.807, 2.05) is 48.1 Å². The molecule has 0 bridgehead atoms. The summed E-state index contributed by atoms with van der Waals surface area (Å²) in [4.78, 5) is 9.75. The van der Waals surface area contributed by atoms with Crippen LogP contribution in [0, 0.1) is 0 Å². The van der Waals surface area contributed by atoms with Crippen molar-refractivity contribution in [2.45, 2.75) is 0 Å². The van der Waals surface area contributed by atoms with Crippen molar-refractivity contribution in [1.82, 2.24) is 18.9 Å². The van der Waals surface area contributed by atoms with Crippen LogP contribution in [-0.4, -0.2) is 18.9 Å². The van der Waals surface area contributed by atoms with Crippen molar-refractivity contribution in [3.05, 3.63) is 134 Å². The Balaban J connectivity index is 1.13. The molecule has 0 fully saturated rings. The van der Waals surface area contributed by atoms with Crippen LogP contribution in [0.15, 0.2) is 134 Å². The quantitative estimate of drug-likeness (QED) is 0.195. The van der Waals surface area contributed by atoms with E-state index in [-0.39, 0.29) is 0 Å². The number of hydrogen-bond acceptors (Lipinski definition) is 4. The number of nitrogens with zero attached hydrogens (tertiary/aromatic N) is 4. The van der Waals surface area contributed by atoms with E-state index in [0.717, 1.165) is 50.3 Å². The average Bonchev–Trinajstić information content (AvgIpc) is 3.79. The summed E-state index contributed by atoms with van der Waals surface area (Å²) < 4.78 is 13.5.